The molecule has 7 nitrogen and oxygen atoms in total. The van der Waals surface area contributed by atoms with Crippen molar-refractivity contribution in [2.45, 2.75) is 12.3 Å². The summed E-state index contributed by atoms with van der Waals surface area (Å²) in [5.74, 6) is 0.676. The minimum absolute atomic E-state index is 0.0847. The largest absolute Gasteiger partial charge is 0.490 e. The average molecular weight is 443 g/mol. The SMILES string of the molecule is CN(CC(O)COc1ccccc1C(F)(F)F)c1cc(-c2ccccc2)nc2ncnn12. The lowest BCUT2D eigenvalue weighted by Crippen LogP contribution is -2.34. The van der Waals surface area contributed by atoms with Gasteiger partial charge in [-0.05, 0) is 12.1 Å². The van der Waals surface area contributed by atoms with Crippen LogP contribution in [0.2, 0.25) is 0 Å². The van der Waals surface area contributed by atoms with Crippen LogP contribution in [-0.2, 0) is 6.18 Å². The van der Waals surface area contributed by atoms with Gasteiger partial charge >= 0.3 is 6.18 Å². The van der Waals surface area contributed by atoms with Crippen LogP contribution in [0.1, 0.15) is 5.56 Å². The molecule has 0 aliphatic heterocycles. The van der Waals surface area contributed by atoms with E-state index in [0.717, 1.165) is 11.6 Å². The third-order valence-corrected chi connectivity index (χ3v) is 4.80. The standard InChI is InChI=1S/C22H20F3N5O2/c1-29(12-16(31)13-32-19-10-6-5-9-17(19)22(23,24)25)20-11-18(15-7-3-2-4-8-15)28-21-26-14-27-30(20)21/h2-11,14,16,31H,12-13H2,1H3. The lowest BCUT2D eigenvalue weighted by atomic mass is 10.1. The zero-order chi connectivity index (χ0) is 22.7. The van der Waals surface area contributed by atoms with Crippen molar-refractivity contribution in [3.63, 3.8) is 0 Å². The van der Waals surface area contributed by atoms with Crippen molar-refractivity contribution in [3.8, 4) is 17.0 Å². The zero-order valence-electron chi connectivity index (χ0n) is 17.1. The molecule has 1 atom stereocenters. The molecule has 0 fully saturated rings. The van der Waals surface area contributed by atoms with Gasteiger partial charge in [0.1, 0.15) is 30.6 Å². The van der Waals surface area contributed by atoms with Gasteiger partial charge in [0.25, 0.3) is 5.78 Å². The highest BCUT2D eigenvalue weighted by atomic mass is 19.4. The van der Waals surface area contributed by atoms with Crippen LogP contribution < -0.4 is 9.64 Å². The van der Waals surface area contributed by atoms with E-state index in [-0.39, 0.29) is 18.9 Å². The Morgan fingerprint density at radius 2 is 1.81 bits per heavy atom. The molecule has 2 aromatic heterocycles. The van der Waals surface area contributed by atoms with Crippen molar-refractivity contribution in [3.05, 3.63) is 72.6 Å². The Labute approximate surface area is 181 Å². The number of halogens is 3. The van der Waals surface area contributed by atoms with Gasteiger partial charge in [0.2, 0.25) is 0 Å². The van der Waals surface area contributed by atoms with E-state index in [9.17, 15) is 18.3 Å². The van der Waals surface area contributed by atoms with Crippen molar-refractivity contribution in [2.24, 2.45) is 0 Å². The Kier molecular flexibility index (Phi) is 5.95. The summed E-state index contributed by atoms with van der Waals surface area (Å²) in [5.41, 5.74) is 0.685. The molecule has 0 amide bonds. The first-order valence-corrected chi connectivity index (χ1v) is 9.77. The fourth-order valence-electron chi connectivity index (χ4n) is 3.30. The van der Waals surface area contributed by atoms with Gasteiger partial charge in [-0.2, -0.15) is 27.8 Å². The Hall–Kier alpha value is -3.66. The average Bonchev–Trinajstić information content (AvgIpc) is 3.26. The van der Waals surface area contributed by atoms with Crippen LogP contribution in [0.15, 0.2) is 67.0 Å². The van der Waals surface area contributed by atoms with E-state index >= 15 is 0 Å². The highest BCUT2D eigenvalue weighted by Gasteiger charge is 2.34. The van der Waals surface area contributed by atoms with E-state index in [0.29, 0.717) is 17.3 Å². The van der Waals surface area contributed by atoms with Crippen LogP contribution in [0.3, 0.4) is 0 Å². The minimum Gasteiger partial charge on any atom is -0.490 e. The Balaban J connectivity index is 1.51. The minimum atomic E-state index is -4.54. The van der Waals surface area contributed by atoms with Crippen LogP contribution in [0.25, 0.3) is 17.0 Å². The predicted octanol–water partition coefficient (Wildman–Crippen LogP) is 3.69. The summed E-state index contributed by atoms with van der Waals surface area (Å²) in [5, 5.41) is 14.6. The Bertz CT molecular complexity index is 1200. The summed E-state index contributed by atoms with van der Waals surface area (Å²) >= 11 is 0. The van der Waals surface area contributed by atoms with Crippen molar-refractivity contribution >= 4 is 11.6 Å². The number of rotatable bonds is 7. The number of anilines is 1. The van der Waals surface area contributed by atoms with Gasteiger partial charge in [-0.25, -0.2) is 4.98 Å². The molecule has 0 saturated carbocycles. The molecule has 166 valence electrons. The lowest BCUT2D eigenvalue weighted by Gasteiger charge is -2.24. The monoisotopic (exact) mass is 443 g/mol. The van der Waals surface area contributed by atoms with E-state index in [1.54, 1.807) is 11.9 Å². The molecule has 2 heterocycles. The summed E-state index contributed by atoms with van der Waals surface area (Å²) in [7, 11) is 1.73. The smallest absolute Gasteiger partial charge is 0.419 e. The molecule has 32 heavy (non-hydrogen) atoms. The summed E-state index contributed by atoms with van der Waals surface area (Å²) in [6, 6.07) is 16.2. The molecule has 1 unspecified atom stereocenters. The normalized spacial score (nSPS) is 12.7. The van der Waals surface area contributed by atoms with Crippen LogP contribution >= 0.6 is 0 Å². The van der Waals surface area contributed by atoms with Gasteiger partial charge in [-0.15, -0.1) is 0 Å². The first kappa shape index (κ1) is 21.6. The highest BCUT2D eigenvalue weighted by Crippen LogP contribution is 2.36. The quantitative estimate of drug-likeness (QED) is 0.470. The van der Waals surface area contributed by atoms with Crippen molar-refractivity contribution in [2.75, 3.05) is 25.1 Å². The van der Waals surface area contributed by atoms with Crippen LogP contribution in [-0.4, -0.2) is 51.0 Å². The molecule has 4 aromatic rings. The first-order valence-electron chi connectivity index (χ1n) is 9.77. The molecule has 10 heteroatoms. The van der Waals surface area contributed by atoms with E-state index < -0.39 is 17.8 Å². The molecule has 0 saturated heterocycles. The number of aliphatic hydroxyl groups excluding tert-OH is 1. The second-order valence-electron chi connectivity index (χ2n) is 7.18. The van der Waals surface area contributed by atoms with E-state index in [1.807, 2.05) is 36.4 Å². The number of hydrogen-bond donors (Lipinski definition) is 1. The third kappa shape index (κ3) is 4.65. The second-order valence-corrected chi connectivity index (χ2v) is 7.18. The number of aliphatic hydroxyl groups is 1. The number of ether oxygens (including phenoxy) is 1. The van der Waals surface area contributed by atoms with Crippen molar-refractivity contribution < 1.29 is 23.0 Å². The van der Waals surface area contributed by atoms with Gasteiger partial charge in [-0.3, -0.25) is 0 Å². The van der Waals surface area contributed by atoms with Crippen LogP contribution in [0.5, 0.6) is 5.75 Å². The fourth-order valence-corrected chi connectivity index (χ4v) is 3.30. The molecule has 1 N–H and O–H groups in total. The van der Waals surface area contributed by atoms with E-state index in [2.05, 4.69) is 15.1 Å². The highest BCUT2D eigenvalue weighted by molar-refractivity contribution is 5.65. The fraction of sp³-hybridized carbons (Fsp3) is 0.227. The van der Waals surface area contributed by atoms with Crippen LogP contribution in [0.4, 0.5) is 19.0 Å². The maximum absolute atomic E-state index is 13.1. The summed E-state index contributed by atoms with van der Waals surface area (Å²) < 4.78 is 46.2. The second kappa shape index (κ2) is 8.83. The molecule has 0 bridgehead atoms. The van der Waals surface area contributed by atoms with Crippen molar-refractivity contribution in [1.29, 1.82) is 0 Å². The Morgan fingerprint density at radius 1 is 1.09 bits per heavy atom. The molecule has 0 spiro atoms. The summed E-state index contributed by atoms with van der Waals surface area (Å²) in [6.45, 7) is -0.226. The number of fused-ring (bicyclic) bond motifs is 1. The predicted molar refractivity (Wildman–Crippen MR) is 112 cm³/mol. The number of likely N-dealkylation sites (N-methyl/N-ethyl adjacent to an activating group) is 1. The van der Waals surface area contributed by atoms with E-state index in [4.69, 9.17) is 4.74 Å². The third-order valence-electron chi connectivity index (χ3n) is 4.80. The van der Waals surface area contributed by atoms with Gasteiger partial charge < -0.3 is 14.7 Å². The molecule has 2 aromatic carbocycles. The lowest BCUT2D eigenvalue weighted by molar-refractivity contribution is -0.139. The summed E-state index contributed by atoms with van der Waals surface area (Å²) in [6.07, 6.45) is -4.22. The van der Waals surface area contributed by atoms with Crippen molar-refractivity contribution in [1.82, 2.24) is 19.6 Å². The number of hydrogen-bond acceptors (Lipinski definition) is 6. The zero-order valence-corrected chi connectivity index (χ0v) is 17.1. The Morgan fingerprint density at radius 3 is 2.56 bits per heavy atom. The number of para-hydroxylation sites is 1. The molecule has 0 aliphatic carbocycles. The number of alkyl halides is 3. The number of aromatic nitrogens is 4. The number of nitrogens with zero attached hydrogens (tertiary/aromatic N) is 5. The number of benzene rings is 2. The topological polar surface area (TPSA) is 75.8 Å². The molecule has 0 aliphatic rings. The molecular weight excluding hydrogens is 423 g/mol. The molecular formula is C22H20F3N5O2. The van der Waals surface area contributed by atoms with Gasteiger partial charge in [0.15, 0.2) is 0 Å². The maximum Gasteiger partial charge on any atom is 0.419 e. The maximum atomic E-state index is 13.1. The van der Waals surface area contributed by atoms with Crippen LogP contribution in [0, 0.1) is 0 Å². The van der Waals surface area contributed by atoms with Gasteiger partial charge in [0.05, 0.1) is 11.3 Å². The summed E-state index contributed by atoms with van der Waals surface area (Å²) in [4.78, 5) is 10.4. The van der Waals surface area contributed by atoms with Gasteiger partial charge in [-0.1, -0.05) is 42.5 Å². The molecule has 0 radical (unpaired) electrons. The molecule has 4 rings (SSSR count). The first-order chi connectivity index (χ1) is 15.3. The van der Waals surface area contributed by atoms with E-state index in [1.165, 1.54) is 29.0 Å². The van der Waals surface area contributed by atoms with Gasteiger partial charge in [0, 0.05) is 25.2 Å².